The van der Waals surface area contributed by atoms with E-state index >= 15 is 0 Å². The smallest absolute Gasteiger partial charge is 0.352 e. The Morgan fingerprint density at radius 3 is 2.50 bits per heavy atom. The summed E-state index contributed by atoms with van der Waals surface area (Å²) in [6.07, 6.45) is -5.84. The van der Waals surface area contributed by atoms with E-state index < -0.39 is 52.6 Å². The molecular weight excluding hydrogens is 521 g/mol. The molecule has 0 radical (unpaired) electrons. The van der Waals surface area contributed by atoms with Crippen LogP contribution in [-0.4, -0.2) is 40.5 Å². The van der Waals surface area contributed by atoms with Crippen molar-refractivity contribution in [1.29, 1.82) is 0 Å². The van der Waals surface area contributed by atoms with Crippen LogP contribution in [0.5, 0.6) is 0 Å². The highest BCUT2D eigenvalue weighted by Crippen LogP contribution is 2.32. The van der Waals surface area contributed by atoms with Gasteiger partial charge in [-0.3, -0.25) is 13.8 Å². The third kappa shape index (κ3) is 6.91. The summed E-state index contributed by atoms with van der Waals surface area (Å²) in [6, 6.07) is 7.42. The second-order valence-corrected chi connectivity index (χ2v) is 9.34. The largest absolute Gasteiger partial charge is 0.389 e. The van der Waals surface area contributed by atoms with Crippen molar-refractivity contribution < 1.29 is 31.4 Å². The molecule has 186 valence electrons. The predicted octanol–water partition coefficient (Wildman–Crippen LogP) is 3.95. The molecule has 2 aromatic rings. The summed E-state index contributed by atoms with van der Waals surface area (Å²) in [6.45, 7) is -0.328. The van der Waals surface area contributed by atoms with E-state index in [0.29, 0.717) is 10.6 Å². The third-order valence-corrected chi connectivity index (χ3v) is 6.65. The summed E-state index contributed by atoms with van der Waals surface area (Å²) >= 11 is 5.89. The minimum absolute atomic E-state index is 0. The van der Waals surface area contributed by atoms with Crippen molar-refractivity contribution in [3.63, 3.8) is 0 Å². The zero-order chi connectivity index (χ0) is 24.3. The van der Waals surface area contributed by atoms with E-state index in [0.717, 1.165) is 12.1 Å². The Kier molecular flexibility index (Phi) is 9.46. The monoisotopic (exact) mass is 541 g/mol. The van der Waals surface area contributed by atoms with Gasteiger partial charge in [0.25, 0.3) is 5.91 Å². The first-order chi connectivity index (χ1) is 15.5. The fourth-order valence-electron chi connectivity index (χ4n) is 3.28. The lowest BCUT2D eigenvalue weighted by molar-refractivity contribution is -0.135. The Morgan fingerprint density at radius 2 is 1.88 bits per heavy atom. The number of nitrogens with zero attached hydrogens (tertiary/aromatic N) is 1. The maximum Gasteiger partial charge on any atom is 0.389 e. The Hall–Kier alpha value is -2.21. The number of nitrogens with two attached hydrogens (primary N) is 1. The zero-order valence-electron chi connectivity index (χ0n) is 17.5. The Labute approximate surface area is 206 Å². The van der Waals surface area contributed by atoms with Gasteiger partial charge in [-0.25, -0.2) is 4.39 Å². The van der Waals surface area contributed by atoms with Crippen molar-refractivity contribution in [2.24, 2.45) is 5.73 Å². The SMILES string of the molecule is Cl.N[C@H]1C[S@](=O)c2cc(F)c(C(=O)NCCCC(F)(F)F)cc2N(Cc2ccc(Cl)cc2)C1=O. The normalized spacial score (nSPS) is 18.1. The van der Waals surface area contributed by atoms with E-state index in [9.17, 15) is 31.4 Å². The predicted molar refractivity (Wildman–Crippen MR) is 123 cm³/mol. The van der Waals surface area contributed by atoms with Gasteiger partial charge >= 0.3 is 6.18 Å². The second-order valence-electron chi connectivity index (χ2n) is 7.44. The highest BCUT2D eigenvalue weighted by atomic mass is 35.5. The minimum atomic E-state index is -4.37. The summed E-state index contributed by atoms with van der Waals surface area (Å²) in [5, 5.41) is 2.72. The van der Waals surface area contributed by atoms with Gasteiger partial charge in [0.05, 0.1) is 45.3 Å². The van der Waals surface area contributed by atoms with Gasteiger partial charge in [0.15, 0.2) is 0 Å². The molecule has 0 unspecified atom stereocenters. The van der Waals surface area contributed by atoms with Gasteiger partial charge in [0.2, 0.25) is 5.91 Å². The molecule has 1 heterocycles. The van der Waals surface area contributed by atoms with Crippen LogP contribution >= 0.6 is 24.0 Å². The van der Waals surface area contributed by atoms with Crippen LogP contribution in [0.4, 0.5) is 23.2 Å². The molecule has 1 aliphatic heterocycles. The fraction of sp³-hybridized carbons (Fsp3) is 0.333. The molecule has 2 atom stereocenters. The quantitative estimate of drug-likeness (QED) is 0.427. The molecular formula is C21H21Cl2F4N3O3S. The molecule has 3 N–H and O–H groups in total. The molecule has 2 aromatic carbocycles. The summed E-state index contributed by atoms with van der Waals surface area (Å²) in [7, 11) is -1.82. The van der Waals surface area contributed by atoms with Crippen LogP contribution in [0.15, 0.2) is 41.3 Å². The number of carbonyl (C=O) groups excluding carboxylic acids is 2. The molecule has 0 aromatic heterocycles. The first-order valence-corrected chi connectivity index (χ1v) is 11.5. The van der Waals surface area contributed by atoms with Crippen molar-refractivity contribution in [2.75, 3.05) is 17.2 Å². The van der Waals surface area contributed by atoms with Gasteiger partial charge < -0.3 is 16.0 Å². The summed E-state index contributed by atoms with van der Waals surface area (Å²) in [4.78, 5) is 26.6. The zero-order valence-corrected chi connectivity index (χ0v) is 19.9. The first-order valence-electron chi connectivity index (χ1n) is 9.84. The molecule has 13 heteroatoms. The average molecular weight is 542 g/mol. The van der Waals surface area contributed by atoms with Crippen LogP contribution in [-0.2, 0) is 22.1 Å². The highest BCUT2D eigenvalue weighted by molar-refractivity contribution is 7.85. The van der Waals surface area contributed by atoms with Crippen LogP contribution in [0.1, 0.15) is 28.8 Å². The average Bonchev–Trinajstić information content (AvgIpc) is 2.82. The molecule has 1 aliphatic rings. The third-order valence-electron chi connectivity index (χ3n) is 4.92. The maximum atomic E-state index is 14.7. The van der Waals surface area contributed by atoms with E-state index in [-0.39, 0.29) is 48.3 Å². The van der Waals surface area contributed by atoms with Gasteiger partial charge in [-0.05, 0) is 36.2 Å². The summed E-state index contributed by atoms with van der Waals surface area (Å²) in [5.74, 6) is -2.76. The molecule has 6 nitrogen and oxygen atoms in total. The summed E-state index contributed by atoms with van der Waals surface area (Å²) in [5.41, 5.74) is 6.11. The molecule has 0 fully saturated rings. The number of fused-ring (bicyclic) bond motifs is 1. The molecule has 2 amide bonds. The van der Waals surface area contributed by atoms with E-state index in [1.807, 2.05) is 0 Å². The lowest BCUT2D eigenvalue weighted by Crippen LogP contribution is -2.44. The number of halogens is 6. The molecule has 0 spiro atoms. The number of amides is 2. The minimum Gasteiger partial charge on any atom is -0.352 e. The number of carbonyl (C=O) groups is 2. The van der Waals surface area contributed by atoms with E-state index in [2.05, 4.69) is 5.32 Å². The van der Waals surface area contributed by atoms with Gasteiger partial charge in [0, 0.05) is 18.0 Å². The molecule has 0 saturated carbocycles. The Morgan fingerprint density at radius 1 is 1.24 bits per heavy atom. The number of hydrogen-bond donors (Lipinski definition) is 2. The second kappa shape index (κ2) is 11.5. The molecule has 34 heavy (non-hydrogen) atoms. The molecule has 0 aliphatic carbocycles. The molecule has 0 bridgehead atoms. The van der Waals surface area contributed by atoms with E-state index in [1.54, 1.807) is 24.3 Å². The summed E-state index contributed by atoms with van der Waals surface area (Å²) < 4.78 is 64.3. The van der Waals surface area contributed by atoms with Crippen molar-refractivity contribution in [3.05, 3.63) is 58.4 Å². The van der Waals surface area contributed by atoms with Crippen LogP contribution in [0.2, 0.25) is 5.02 Å². The van der Waals surface area contributed by atoms with E-state index in [4.69, 9.17) is 17.3 Å². The van der Waals surface area contributed by atoms with Crippen LogP contribution in [0, 0.1) is 5.82 Å². The Bertz CT molecular complexity index is 1080. The Balaban J connectivity index is 0.00000408. The van der Waals surface area contributed by atoms with Gasteiger partial charge in [-0.1, -0.05) is 23.7 Å². The maximum absolute atomic E-state index is 14.7. The molecule has 3 rings (SSSR count). The number of anilines is 1. The number of nitrogens with one attached hydrogen (secondary N) is 1. The lowest BCUT2D eigenvalue weighted by atomic mass is 10.1. The van der Waals surface area contributed by atoms with Gasteiger partial charge in [-0.2, -0.15) is 13.2 Å². The molecule has 0 saturated heterocycles. The fourth-order valence-corrected chi connectivity index (χ4v) is 4.69. The van der Waals surface area contributed by atoms with Gasteiger partial charge in [-0.15, -0.1) is 12.4 Å². The number of hydrogen-bond acceptors (Lipinski definition) is 4. The standard InChI is InChI=1S/C21H20ClF4N3O3S.ClH/c22-13-4-2-12(3-5-13)10-29-17-8-14(19(30)28-7-1-6-21(24,25)26)15(23)9-18(17)33(32)11-16(27)20(29)31;/h2-5,8-9,16H,1,6-7,10-11,27H2,(H,28,30);1H/t16-,33-;/m0./s1. The lowest BCUT2D eigenvalue weighted by Gasteiger charge is -2.25. The van der Waals surface area contributed by atoms with Crippen LogP contribution < -0.4 is 16.0 Å². The van der Waals surface area contributed by atoms with Crippen LogP contribution in [0.3, 0.4) is 0 Å². The van der Waals surface area contributed by atoms with Crippen molar-refractivity contribution in [2.45, 2.75) is 36.5 Å². The first kappa shape index (κ1) is 28.0. The highest BCUT2D eigenvalue weighted by Gasteiger charge is 2.33. The van der Waals surface area contributed by atoms with Crippen molar-refractivity contribution in [3.8, 4) is 0 Å². The topological polar surface area (TPSA) is 92.5 Å². The number of benzene rings is 2. The van der Waals surface area contributed by atoms with Crippen molar-refractivity contribution in [1.82, 2.24) is 5.32 Å². The number of alkyl halides is 3. The van der Waals surface area contributed by atoms with Gasteiger partial charge in [0.1, 0.15) is 5.82 Å². The van der Waals surface area contributed by atoms with E-state index in [1.165, 1.54) is 4.90 Å². The van der Waals surface area contributed by atoms with Crippen LogP contribution in [0.25, 0.3) is 0 Å². The number of rotatable bonds is 6. The van der Waals surface area contributed by atoms with Crippen molar-refractivity contribution >= 4 is 52.3 Å².